The van der Waals surface area contributed by atoms with Crippen LogP contribution < -0.4 is 5.32 Å². The van der Waals surface area contributed by atoms with E-state index in [1.54, 1.807) is 0 Å². The fourth-order valence-corrected chi connectivity index (χ4v) is 4.50. The van der Waals surface area contributed by atoms with Crippen molar-refractivity contribution >= 4 is 11.8 Å². The Morgan fingerprint density at radius 3 is 2.68 bits per heavy atom. The molecule has 2 rings (SSSR count). The van der Waals surface area contributed by atoms with Crippen LogP contribution >= 0.6 is 11.8 Å². The summed E-state index contributed by atoms with van der Waals surface area (Å²) in [6, 6.07) is 0.740. The summed E-state index contributed by atoms with van der Waals surface area (Å²) in [5, 5.41) is 3.85. The number of nitrogens with one attached hydrogen (secondary N) is 1. The van der Waals surface area contributed by atoms with Gasteiger partial charge in [-0.05, 0) is 25.0 Å². The van der Waals surface area contributed by atoms with E-state index in [2.05, 4.69) is 35.8 Å². The van der Waals surface area contributed by atoms with Gasteiger partial charge in [0.25, 0.3) is 0 Å². The zero-order chi connectivity index (χ0) is 13.6. The molecule has 1 aliphatic heterocycles. The topological polar surface area (TPSA) is 15.3 Å². The van der Waals surface area contributed by atoms with Crippen LogP contribution in [-0.4, -0.2) is 47.6 Å². The molecule has 1 N–H and O–H groups in total. The average molecular weight is 285 g/mol. The smallest absolute Gasteiger partial charge is 0.0335 e. The van der Waals surface area contributed by atoms with Gasteiger partial charge in [-0.15, -0.1) is 0 Å². The lowest BCUT2D eigenvalue weighted by Gasteiger charge is -2.52. The van der Waals surface area contributed by atoms with Crippen LogP contribution in [0.15, 0.2) is 0 Å². The molecule has 1 aliphatic carbocycles. The van der Waals surface area contributed by atoms with Crippen LogP contribution in [0, 0.1) is 0 Å². The first kappa shape index (κ1) is 15.7. The fraction of sp³-hybridized carbons (Fsp3) is 1.00. The molecule has 2 nitrogen and oxygen atoms in total. The maximum atomic E-state index is 3.85. The lowest BCUT2D eigenvalue weighted by atomic mass is 9.78. The van der Waals surface area contributed by atoms with Crippen molar-refractivity contribution in [3.8, 4) is 0 Å². The molecule has 112 valence electrons. The van der Waals surface area contributed by atoms with Crippen LogP contribution in [0.5, 0.6) is 0 Å². The lowest BCUT2D eigenvalue weighted by Crippen LogP contribution is -2.65. The van der Waals surface area contributed by atoms with Gasteiger partial charge in [-0.1, -0.05) is 39.5 Å². The van der Waals surface area contributed by atoms with Gasteiger partial charge < -0.3 is 5.32 Å². The maximum Gasteiger partial charge on any atom is 0.0335 e. The summed E-state index contributed by atoms with van der Waals surface area (Å²) in [6.07, 6.45) is 9.84. The van der Waals surface area contributed by atoms with Crippen molar-refractivity contribution in [2.75, 3.05) is 31.1 Å². The SMILES string of the molecule is CCCC1CN(CCSCC)C2(CCCCC2)CN1. The Morgan fingerprint density at radius 1 is 1.21 bits per heavy atom. The summed E-state index contributed by atoms with van der Waals surface area (Å²) in [5.74, 6) is 2.58. The summed E-state index contributed by atoms with van der Waals surface area (Å²) in [4.78, 5) is 2.87. The fourth-order valence-electron chi connectivity index (χ4n) is 3.86. The highest BCUT2D eigenvalue weighted by atomic mass is 32.2. The van der Waals surface area contributed by atoms with E-state index in [0.29, 0.717) is 5.54 Å². The molecule has 0 radical (unpaired) electrons. The average Bonchev–Trinajstić information content (AvgIpc) is 2.44. The Bertz CT molecular complexity index is 251. The van der Waals surface area contributed by atoms with Gasteiger partial charge in [-0.3, -0.25) is 4.90 Å². The van der Waals surface area contributed by atoms with E-state index in [0.717, 1.165) is 6.04 Å². The second kappa shape index (κ2) is 7.90. The van der Waals surface area contributed by atoms with Crippen molar-refractivity contribution in [1.29, 1.82) is 0 Å². The first-order valence-corrected chi connectivity index (χ1v) is 9.52. The molecule has 0 aromatic heterocycles. The van der Waals surface area contributed by atoms with Crippen molar-refractivity contribution in [3.05, 3.63) is 0 Å². The molecule has 2 fully saturated rings. The van der Waals surface area contributed by atoms with Crippen LogP contribution in [0.2, 0.25) is 0 Å². The standard InChI is InChI=1S/C16H32N2S/c1-3-8-15-13-18(11-12-19-4-2)16(14-17-15)9-6-5-7-10-16/h15,17H,3-14H2,1-2H3. The normalized spacial score (nSPS) is 27.8. The minimum absolute atomic E-state index is 0.511. The zero-order valence-electron chi connectivity index (χ0n) is 12.9. The molecule has 1 heterocycles. The van der Waals surface area contributed by atoms with Crippen molar-refractivity contribution in [3.63, 3.8) is 0 Å². The van der Waals surface area contributed by atoms with Gasteiger partial charge in [0.1, 0.15) is 0 Å². The Kier molecular flexibility index (Phi) is 6.51. The predicted molar refractivity (Wildman–Crippen MR) is 87.1 cm³/mol. The highest BCUT2D eigenvalue weighted by Gasteiger charge is 2.41. The van der Waals surface area contributed by atoms with E-state index in [1.165, 1.54) is 76.1 Å². The maximum absolute atomic E-state index is 3.85. The molecule has 1 spiro atoms. The molecular formula is C16H32N2S. The molecular weight excluding hydrogens is 252 g/mol. The molecule has 0 aromatic carbocycles. The third-order valence-corrected chi connectivity index (χ3v) is 5.84. The number of thioether (sulfide) groups is 1. The zero-order valence-corrected chi connectivity index (χ0v) is 13.7. The van der Waals surface area contributed by atoms with Gasteiger partial charge >= 0.3 is 0 Å². The molecule has 1 saturated carbocycles. The van der Waals surface area contributed by atoms with Gasteiger partial charge in [0.15, 0.2) is 0 Å². The lowest BCUT2D eigenvalue weighted by molar-refractivity contribution is 0.0136. The quantitative estimate of drug-likeness (QED) is 0.751. The number of rotatable bonds is 6. The molecule has 0 bridgehead atoms. The van der Waals surface area contributed by atoms with Crippen molar-refractivity contribution in [2.45, 2.75) is 70.4 Å². The van der Waals surface area contributed by atoms with E-state index < -0.39 is 0 Å². The third-order valence-electron chi connectivity index (χ3n) is 4.96. The number of hydrogen-bond donors (Lipinski definition) is 1. The first-order valence-electron chi connectivity index (χ1n) is 8.37. The monoisotopic (exact) mass is 284 g/mol. The summed E-state index contributed by atoms with van der Waals surface area (Å²) in [7, 11) is 0. The number of nitrogens with zero attached hydrogens (tertiary/aromatic N) is 1. The summed E-state index contributed by atoms with van der Waals surface area (Å²) in [6.45, 7) is 8.43. The first-order chi connectivity index (χ1) is 9.30. The van der Waals surface area contributed by atoms with Gasteiger partial charge in [0.05, 0.1) is 0 Å². The highest BCUT2D eigenvalue weighted by molar-refractivity contribution is 7.99. The Hall–Kier alpha value is 0.270. The third kappa shape index (κ3) is 4.12. The number of piperazine rings is 1. The van der Waals surface area contributed by atoms with E-state index >= 15 is 0 Å². The van der Waals surface area contributed by atoms with Crippen LogP contribution in [0.1, 0.15) is 58.8 Å². The van der Waals surface area contributed by atoms with Crippen LogP contribution in [-0.2, 0) is 0 Å². The molecule has 3 heteroatoms. The summed E-state index contributed by atoms with van der Waals surface area (Å²) in [5.41, 5.74) is 0.511. The van der Waals surface area contributed by atoms with Crippen LogP contribution in [0.4, 0.5) is 0 Å². The van der Waals surface area contributed by atoms with Crippen molar-refractivity contribution < 1.29 is 0 Å². The van der Waals surface area contributed by atoms with Gasteiger partial charge in [0, 0.05) is 37.0 Å². The largest absolute Gasteiger partial charge is 0.311 e. The molecule has 0 aromatic rings. The van der Waals surface area contributed by atoms with Gasteiger partial charge in [0.2, 0.25) is 0 Å². The molecule has 1 saturated heterocycles. The molecule has 0 amide bonds. The van der Waals surface area contributed by atoms with E-state index in [9.17, 15) is 0 Å². The van der Waals surface area contributed by atoms with Crippen molar-refractivity contribution in [1.82, 2.24) is 10.2 Å². The van der Waals surface area contributed by atoms with E-state index in [-0.39, 0.29) is 0 Å². The van der Waals surface area contributed by atoms with E-state index in [4.69, 9.17) is 0 Å². The Labute approximate surface area is 124 Å². The van der Waals surface area contributed by atoms with Crippen LogP contribution in [0.25, 0.3) is 0 Å². The molecule has 19 heavy (non-hydrogen) atoms. The van der Waals surface area contributed by atoms with Crippen molar-refractivity contribution in [2.24, 2.45) is 0 Å². The number of hydrogen-bond acceptors (Lipinski definition) is 3. The van der Waals surface area contributed by atoms with Gasteiger partial charge in [-0.2, -0.15) is 11.8 Å². The van der Waals surface area contributed by atoms with E-state index in [1.807, 2.05) is 0 Å². The van der Waals surface area contributed by atoms with Crippen LogP contribution in [0.3, 0.4) is 0 Å². The minimum Gasteiger partial charge on any atom is -0.311 e. The predicted octanol–water partition coefficient (Wildman–Crippen LogP) is 3.52. The highest BCUT2D eigenvalue weighted by Crippen LogP contribution is 2.35. The second-order valence-corrected chi connectivity index (χ2v) is 7.69. The summed E-state index contributed by atoms with van der Waals surface area (Å²) < 4.78 is 0. The molecule has 1 unspecified atom stereocenters. The Morgan fingerprint density at radius 2 is 2.00 bits per heavy atom. The molecule has 2 aliphatic rings. The molecule has 1 atom stereocenters. The minimum atomic E-state index is 0.511. The Balaban J connectivity index is 1.95. The second-order valence-electron chi connectivity index (χ2n) is 6.29. The summed E-state index contributed by atoms with van der Waals surface area (Å²) >= 11 is 2.10. The van der Waals surface area contributed by atoms with Gasteiger partial charge in [-0.25, -0.2) is 0 Å².